The van der Waals surface area contributed by atoms with E-state index in [1.807, 2.05) is 19.1 Å². The fourth-order valence-electron chi connectivity index (χ4n) is 0.680. The molecule has 0 radical (unpaired) electrons. The standard InChI is InChI=1S/C7H7NOS/c1-6-2-3-7(9-6)4-8-5-10/h2-3H,4H2,1H3. The fourth-order valence-corrected chi connectivity index (χ4v) is 0.745. The molecule has 0 atom stereocenters. The molecule has 1 aromatic rings. The van der Waals surface area contributed by atoms with Crippen LogP contribution < -0.4 is 0 Å². The maximum Gasteiger partial charge on any atom is 0.126 e. The van der Waals surface area contributed by atoms with E-state index in [0.29, 0.717) is 6.54 Å². The van der Waals surface area contributed by atoms with Gasteiger partial charge in [0.05, 0.1) is 5.16 Å². The van der Waals surface area contributed by atoms with Crippen LogP contribution in [0, 0.1) is 6.92 Å². The third kappa shape index (κ3) is 1.79. The summed E-state index contributed by atoms with van der Waals surface area (Å²) in [6, 6.07) is 3.78. The minimum atomic E-state index is 0.497. The van der Waals surface area contributed by atoms with Crippen LogP contribution >= 0.6 is 12.2 Å². The summed E-state index contributed by atoms with van der Waals surface area (Å²) in [5.74, 6) is 1.73. The van der Waals surface area contributed by atoms with E-state index in [4.69, 9.17) is 4.42 Å². The molecule has 1 aromatic heterocycles. The summed E-state index contributed by atoms with van der Waals surface area (Å²) in [5, 5.41) is 2.27. The quantitative estimate of drug-likeness (QED) is 0.480. The molecule has 3 heteroatoms. The molecular weight excluding hydrogens is 146 g/mol. The number of hydrogen-bond acceptors (Lipinski definition) is 3. The zero-order valence-corrected chi connectivity index (χ0v) is 6.44. The van der Waals surface area contributed by atoms with Crippen molar-refractivity contribution in [3.63, 3.8) is 0 Å². The Labute approximate surface area is 64.6 Å². The minimum Gasteiger partial charge on any atom is -0.464 e. The molecule has 0 aliphatic heterocycles. The summed E-state index contributed by atoms with van der Waals surface area (Å²) in [5.41, 5.74) is 0. The van der Waals surface area contributed by atoms with Gasteiger partial charge in [-0.2, -0.15) is 0 Å². The summed E-state index contributed by atoms with van der Waals surface area (Å²) >= 11 is 4.40. The first-order valence-electron chi connectivity index (χ1n) is 2.92. The molecule has 1 rings (SSSR count). The number of thiocarbonyl (C=S) groups is 1. The van der Waals surface area contributed by atoms with E-state index in [1.54, 1.807) is 0 Å². The first-order valence-corrected chi connectivity index (χ1v) is 3.32. The second-order valence-electron chi connectivity index (χ2n) is 1.92. The Kier molecular flexibility index (Phi) is 2.37. The highest BCUT2D eigenvalue weighted by atomic mass is 32.1. The lowest BCUT2D eigenvalue weighted by Gasteiger charge is -1.84. The van der Waals surface area contributed by atoms with Crippen LogP contribution in [0.15, 0.2) is 21.5 Å². The van der Waals surface area contributed by atoms with Crippen LogP contribution in [0.25, 0.3) is 0 Å². The molecule has 0 aliphatic carbocycles. The van der Waals surface area contributed by atoms with Gasteiger partial charge in [-0.1, -0.05) is 0 Å². The summed E-state index contributed by atoms with van der Waals surface area (Å²) in [6.45, 7) is 2.39. The largest absolute Gasteiger partial charge is 0.464 e. The van der Waals surface area contributed by atoms with Crippen molar-refractivity contribution in [2.24, 2.45) is 4.99 Å². The highest BCUT2D eigenvalue weighted by molar-refractivity contribution is 7.78. The Bertz CT molecular complexity index is 260. The summed E-state index contributed by atoms with van der Waals surface area (Å²) in [6.07, 6.45) is 0. The van der Waals surface area contributed by atoms with Gasteiger partial charge in [0.25, 0.3) is 0 Å². The molecule has 0 bridgehead atoms. The lowest BCUT2D eigenvalue weighted by Crippen LogP contribution is -1.72. The van der Waals surface area contributed by atoms with E-state index >= 15 is 0 Å². The minimum absolute atomic E-state index is 0.497. The molecular formula is C7H7NOS. The van der Waals surface area contributed by atoms with Crippen LogP contribution in [-0.2, 0) is 6.54 Å². The highest BCUT2D eigenvalue weighted by Gasteiger charge is 1.93. The van der Waals surface area contributed by atoms with Gasteiger partial charge in [0, 0.05) is 0 Å². The first-order chi connectivity index (χ1) is 4.83. The third-order valence-corrected chi connectivity index (χ3v) is 1.22. The molecule has 0 aliphatic rings. The molecule has 0 aromatic carbocycles. The molecule has 0 unspecified atom stereocenters. The maximum atomic E-state index is 5.21. The van der Waals surface area contributed by atoms with Gasteiger partial charge in [-0.3, -0.25) is 0 Å². The SMILES string of the molecule is Cc1ccc(CN=C=S)o1. The number of aryl methyl sites for hydroxylation is 1. The van der Waals surface area contributed by atoms with Crippen molar-refractivity contribution in [2.75, 3.05) is 0 Å². The molecule has 0 saturated heterocycles. The predicted octanol–water partition coefficient (Wildman–Crippen LogP) is 2.19. The van der Waals surface area contributed by atoms with E-state index < -0.39 is 0 Å². The molecule has 2 nitrogen and oxygen atoms in total. The van der Waals surface area contributed by atoms with E-state index in [1.165, 1.54) is 0 Å². The van der Waals surface area contributed by atoms with Crippen LogP contribution in [0.2, 0.25) is 0 Å². The zero-order chi connectivity index (χ0) is 7.40. The van der Waals surface area contributed by atoms with Crippen molar-refractivity contribution in [2.45, 2.75) is 13.5 Å². The zero-order valence-electron chi connectivity index (χ0n) is 5.63. The van der Waals surface area contributed by atoms with Crippen molar-refractivity contribution in [1.29, 1.82) is 0 Å². The predicted molar refractivity (Wildman–Crippen MR) is 42.2 cm³/mol. The molecule has 10 heavy (non-hydrogen) atoms. The normalized spacial score (nSPS) is 8.90. The van der Waals surface area contributed by atoms with E-state index in [0.717, 1.165) is 11.5 Å². The topological polar surface area (TPSA) is 25.5 Å². The Morgan fingerprint density at radius 1 is 1.70 bits per heavy atom. The van der Waals surface area contributed by atoms with Gasteiger partial charge in [0.2, 0.25) is 0 Å². The van der Waals surface area contributed by atoms with Crippen LogP contribution in [0.1, 0.15) is 11.5 Å². The number of rotatable bonds is 2. The monoisotopic (exact) mass is 153 g/mol. The Morgan fingerprint density at radius 3 is 3.00 bits per heavy atom. The smallest absolute Gasteiger partial charge is 0.126 e. The average molecular weight is 153 g/mol. The van der Waals surface area contributed by atoms with Crippen LogP contribution in [0.5, 0.6) is 0 Å². The van der Waals surface area contributed by atoms with Crippen molar-refractivity contribution in [3.8, 4) is 0 Å². The molecule has 0 fully saturated rings. The van der Waals surface area contributed by atoms with Gasteiger partial charge in [-0.25, -0.2) is 4.99 Å². The number of isothiocyanates is 1. The van der Waals surface area contributed by atoms with Gasteiger partial charge >= 0.3 is 0 Å². The Balaban J connectivity index is 2.66. The Hall–Kier alpha value is -0.920. The second kappa shape index (κ2) is 3.30. The van der Waals surface area contributed by atoms with Gasteiger partial charge in [0.15, 0.2) is 0 Å². The van der Waals surface area contributed by atoms with Crippen molar-refractivity contribution in [3.05, 3.63) is 23.7 Å². The number of furan rings is 1. The van der Waals surface area contributed by atoms with Gasteiger partial charge in [0.1, 0.15) is 18.1 Å². The second-order valence-corrected chi connectivity index (χ2v) is 2.10. The third-order valence-electron chi connectivity index (χ3n) is 1.10. The summed E-state index contributed by atoms with van der Waals surface area (Å²) < 4.78 is 5.21. The van der Waals surface area contributed by atoms with E-state index in [2.05, 4.69) is 22.4 Å². The fraction of sp³-hybridized carbons (Fsp3) is 0.286. The van der Waals surface area contributed by atoms with Crippen molar-refractivity contribution < 1.29 is 4.42 Å². The summed E-state index contributed by atoms with van der Waals surface area (Å²) in [4.78, 5) is 3.73. The number of nitrogens with zero attached hydrogens (tertiary/aromatic N) is 1. The van der Waals surface area contributed by atoms with E-state index in [-0.39, 0.29) is 0 Å². The maximum absolute atomic E-state index is 5.21. The number of hydrogen-bond donors (Lipinski definition) is 0. The lowest BCUT2D eigenvalue weighted by molar-refractivity contribution is 0.486. The highest BCUT2D eigenvalue weighted by Crippen LogP contribution is 2.06. The molecule has 0 N–H and O–H groups in total. The van der Waals surface area contributed by atoms with Crippen LogP contribution in [0.3, 0.4) is 0 Å². The van der Waals surface area contributed by atoms with Crippen LogP contribution in [-0.4, -0.2) is 5.16 Å². The van der Waals surface area contributed by atoms with Gasteiger partial charge < -0.3 is 4.42 Å². The van der Waals surface area contributed by atoms with E-state index in [9.17, 15) is 0 Å². The first kappa shape index (κ1) is 7.19. The molecule has 52 valence electrons. The van der Waals surface area contributed by atoms with Crippen molar-refractivity contribution >= 4 is 17.4 Å². The molecule has 0 amide bonds. The molecule has 0 spiro atoms. The van der Waals surface area contributed by atoms with Crippen LogP contribution in [0.4, 0.5) is 0 Å². The molecule has 1 heterocycles. The summed E-state index contributed by atoms with van der Waals surface area (Å²) in [7, 11) is 0. The average Bonchev–Trinajstić information content (AvgIpc) is 2.31. The molecule has 0 saturated carbocycles. The number of aliphatic imine (C=N–C) groups is 1. The lowest BCUT2D eigenvalue weighted by atomic mass is 10.4. The van der Waals surface area contributed by atoms with Crippen molar-refractivity contribution in [1.82, 2.24) is 0 Å². The van der Waals surface area contributed by atoms with Gasteiger partial charge in [-0.05, 0) is 31.3 Å². The Morgan fingerprint density at radius 2 is 2.50 bits per heavy atom. The van der Waals surface area contributed by atoms with Gasteiger partial charge in [-0.15, -0.1) is 0 Å².